The highest BCUT2D eigenvalue weighted by atomic mass is 16.5. The van der Waals surface area contributed by atoms with Crippen molar-refractivity contribution in [3.05, 3.63) is 96.1 Å². The lowest BCUT2D eigenvalue weighted by molar-refractivity contribution is -0.147. The number of nitrogens with one attached hydrogen (secondary N) is 2. The lowest BCUT2D eigenvalue weighted by atomic mass is 10.1. The molecule has 1 saturated heterocycles. The third kappa shape index (κ3) is 23.1. The van der Waals surface area contributed by atoms with Crippen LogP contribution in [-0.2, 0) is 32.2 Å². The molecule has 1 aliphatic rings. The fourth-order valence-electron chi connectivity index (χ4n) is 5.98. The maximum Gasteiger partial charge on any atom is 0.307 e. The first kappa shape index (κ1) is 47.3. The number of unbranched alkanes of at least 4 members (excludes halogenated alkanes) is 2. The van der Waals surface area contributed by atoms with E-state index in [1.54, 1.807) is 0 Å². The Labute approximate surface area is 341 Å². The summed E-state index contributed by atoms with van der Waals surface area (Å²) in [5.74, 6) is 1.16. The molecule has 0 radical (unpaired) electrons. The first-order valence-corrected chi connectivity index (χ1v) is 20.8. The molecule has 5 N–H and O–H groups in total. The molecule has 0 amide bonds. The van der Waals surface area contributed by atoms with Gasteiger partial charge in [-0.1, -0.05) is 87.4 Å². The Kier molecular flexibility index (Phi) is 25.0. The van der Waals surface area contributed by atoms with Gasteiger partial charge in [0.05, 0.1) is 26.1 Å². The summed E-state index contributed by atoms with van der Waals surface area (Å²) in [6, 6.07) is 27.0. The number of carbonyl (C=O) groups is 2. The third-order valence-electron chi connectivity index (χ3n) is 9.37. The van der Waals surface area contributed by atoms with Crippen molar-refractivity contribution in [2.75, 3.05) is 85.3 Å². The van der Waals surface area contributed by atoms with Gasteiger partial charge >= 0.3 is 11.9 Å². The Morgan fingerprint density at radius 1 is 0.684 bits per heavy atom. The average Bonchev–Trinajstić information content (AvgIpc) is 3.25. The van der Waals surface area contributed by atoms with Gasteiger partial charge in [-0.2, -0.15) is 0 Å². The number of hydrogen-bond donors (Lipinski definition) is 4. The van der Waals surface area contributed by atoms with E-state index in [1.165, 1.54) is 38.9 Å². The minimum Gasteiger partial charge on any atom is -0.493 e. The largest absolute Gasteiger partial charge is 0.493 e. The molecule has 0 bridgehead atoms. The number of esters is 2. The second-order valence-corrected chi connectivity index (χ2v) is 14.6. The van der Waals surface area contributed by atoms with Crippen LogP contribution in [0.2, 0.25) is 0 Å². The maximum absolute atomic E-state index is 11.8. The highest BCUT2D eigenvalue weighted by Crippen LogP contribution is 2.11. The summed E-state index contributed by atoms with van der Waals surface area (Å²) in [5.41, 5.74) is 7.90. The van der Waals surface area contributed by atoms with Gasteiger partial charge in [-0.05, 0) is 67.9 Å². The van der Waals surface area contributed by atoms with E-state index < -0.39 is 6.10 Å². The summed E-state index contributed by atoms with van der Waals surface area (Å²) in [4.78, 5) is 28.7. The second kappa shape index (κ2) is 30.1. The van der Waals surface area contributed by atoms with Crippen LogP contribution in [0.4, 0.5) is 0 Å². The van der Waals surface area contributed by atoms with E-state index in [2.05, 4.69) is 33.4 Å². The van der Waals surface area contributed by atoms with Crippen LogP contribution < -0.4 is 25.8 Å². The number of carbonyl (C=O) groups excluding carboxylic acids is 2. The van der Waals surface area contributed by atoms with Gasteiger partial charge in [-0.3, -0.25) is 9.59 Å². The molecule has 3 aromatic carbocycles. The number of hydrogen-bond acceptors (Lipinski definition) is 12. The first-order valence-electron chi connectivity index (χ1n) is 20.8. The molecule has 12 heteroatoms. The van der Waals surface area contributed by atoms with E-state index in [9.17, 15) is 14.7 Å². The summed E-state index contributed by atoms with van der Waals surface area (Å²) < 4.78 is 21.5. The van der Waals surface area contributed by atoms with Crippen LogP contribution in [0.5, 0.6) is 11.5 Å². The minimum absolute atomic E-state index is 0.0455. The van der Waals surface area contributed by atoms with Gasteiger partial charge in [-0.15, -0.1) is 0 Å². The van der Waals surface area contributed by atoms with Crippen LogP contribution in [0.15, 0.2) is 84.9 Å². The number of piperazine rings is 1. The number of aliphatic hydroxyl groups excluding tert-OH is 1. The van der Waals surface area contributed by atoms with Crippen molar-refractivity contribution >= 4 is 11.9 Å². The highest BCUT2D eigenvalue weighted by Gasteiger charge is 2.16. The fourth-order valence-corrected chi connectivity index (χ4v) is 5.98. The first-order chi connectivity index (χ1) is 27.8. The third-order valence-corrected chi connectivity index (χ3v) is 9.37. The van der Waals surface area contributed by atoms with E-state index in [0.717, 1.165) is 49.5 Å². The predicted molar refractivity (Wildman–Crippen MR) is 226 cm³/mol. The molecular weight excluding hydrogens is 723 g/mol. The van der Waals surface area contributed by atoms with E-state index in [1.807, 2.05) is 85.8 Å². The Bertz CT molecular complexity index is 1460. The van der Waals surface area contributed by atoms with Crippen LogP contribution in [0.1, 0.15) is 63.5 Å². The smallest absolute Gasteiger partial charge is 0.307 e. The average molecular weight is 792 g/mol. The molecule has 3 aromatic rings. The quantitative estimate of drug-likeness (QED) is 0.0607. The molecule has 2 atom stereocenters. The van der Waals surface area contributed by atoms with Crippen molar-refractivity contribution in [3.8, 4) is 11.5 Å². The number of ether oxygens (including phenoxy) is 4. The zero-order valence-corrected chi connectivity index (χ0v) is 34.5. The van der Waals surface area contributed by atoms with Crippen molar-refractivity contribution in [1.29, 1.82) is 0 Å². The topological polar surface area (TPSA) is 148 Å². The SMILES string of the molecule is CC(COC(=O)CCNCc1cccc(CN)c1)COc1ccccc1.CCCCCN1CCN(CCCNCCC(=O)OCC(O)COc2ccccc2)CC1. The molecule has 2 unspecified atom stereocenters. The zero-order valence-electron chi connectivity index (χ0n) is 34.5. The predicted octanol–water partition coefficient (Wildman–Crippen LogP) is 5.03. The molecule has 316 valence electrons. The second-order valence-electron chi connectivity index (χ2n) is 14.6. The lowest BCUT2D eigenvalue weighted by Crippen LogP contribution is -2.47. The standard InChI is InChI=1S/C24H41N3O4.C21H28N2O3/c1-2-3-7-14-26-16-18-27(19-17-26)15-8-12-25-13-11-24(29)31-21-22(28)20-30-23-9-5-4-6-10-23;1-17(15-25-20-8-3-2-4-9-20)16-26-21(24)10-11-23-14-19-7-5-6-18(12-19)13-22/h4-6,9-10,22,25,28H,2-3,7-8,11-21H2,1H3;2-9,12,17,23H,10-11,13-16,22H2,1H3. The Hall–Kier alpha value is -4.04. The van der Waals surface area contributed by atoms with Gasteiger partial charge in [-0.25, -0.2) is 0 Å². The zero-order chi connectivity index (χ0) is 40.8. The molecule has 0 saturated carbocycles. The van der Waals surface area contributed by atoms with Crippen molar-refractivity contribution < 1.29 is 33.6 Å². The fraction of sp³-hybridized carbons (Fsp3) is 0.556. The van der Waals surface area contributed by atoms with Gasteiger partial charge < -0.3 is 50.2 Å². The molecule has 0 aromatic heterocycles. The van der Waals surface area contributed by atoms with Crippen molar-refractivity contribution in [2.24, 2.45) is 11.7 Å². The monoisotopic (exact) mass is 792 g/mol. The summed E-state index contributed by atoms with van der Waals surface area (Å²) in [5, 5.41) is 16.4. The molecule has 57 heavy (non-hydrogen) atoms. The van der Waals surface area contributed by atoms with Gasteiger partial charge in [0, 0.05) is 58.3 Å². The normalized spacial score (nSPS) is 14.2. The molecule has 0 spiro atoms. The van der Waals surface area contributed by atoms with Gasteiger partial charge in [0.1, 0.15) is 30.8 Å². The van der Waals surface area contributed by atoms with Crippen LogP contribution in [0, 0.1) is 5.92 Å². The molecule has 1 fully saturated rings. The number of para-hydroxylation sites is 2. The van der Waals surface area contributed by atoms with Crippen LogP contribution in [-0.4, -0.2) is 118 Å². The summed E-state index contributed by atoms with van der Waals surface area (Å²) in [6.07, 6.45) is 4.86. The van der Waals surface area contributed by atoms with Gasteiger partial charge in [0.15, 0.2) is 0 Å². The van der Waals surface area contributed by atoms with Gasteiger partial charge in [0.2, 0.25) is 0 Å². The Morgan fingerprint density at radius 2 is 1.25 bits per heavy atom. The van der Waals surface area contributed by atoms with Crippen molar-refractivity contribution in [2.45, 2.75) is 71.6 Å². The summed E-state index contributed by atoms with van der Waals surface area (Å²) >= 11 is 0. The number of nitrogens with zero attached hydrogens (tertiary/aromatic N) is 2. The van der Waals surface area contributed by atoms with Crippen LogP contribution in [0.3, 0.4) is 0 Å². The van der Waals surface area contributed by atoms with E-state index in [-0.39, 0.29) is 31.1 Å². The maximum atomic E-state index is 11.8. The number of aliphatic hydroxyl groups is 1. The summed E-state index contributed by atoms with van der Waals surface area (Å²) in [6.45, 7) is 15.6. The van der Waals surface area contributed by atoms with Crippen LogP contribution >= 0.6 is 0 Å². The number of rotatable bonds is 27. The van der Waals surface area contributed by atoms with E-state index in [0.29, 0.717) is 58.0 Å². The number of benzene rings is 3. The molecule has 1 heterocycles. The van der Waals surface area contributed by atoms with E-state index >= 15 is 0 Å². The van der Waals surface area contributed by atoms with Crippen LogP contribution in [0.25, 0.3) is 0 Å². The van der Waals surface area contributed by atoms with Crippen molar-refractivity contribution in [3.63, 3.8) is 0 Å². The minimum atomic E-state index is -0.829. The van der Waals surface area contributed by atoms with E-state index in [4.69, 9.17) is 24.7 Å². The molecule has 0 aliphatic carbocycles. The molecule has 4 rings (SSSR count). The molecule has 1 aliphatic heterocycles. The van der Waals surface area contributed by atoms with Crippen molar-refractivity contribution in [1.82, 2.24) is 20.4 Å². The molecule has 12 nitrogen and oxygen atoms in total. The Balaban J connectivity index is 0.000000310. The Morgan fingerprint density at radius 3 is 1.86 bits per heavy atom. The molecular formula is C45H69N5O7. The number of nitrogens with two attached hydrogens (primary N) is 1. The van der Waals surface area contributed by atoms with Gasteiger partial charge in [0.25, 0.3) is 0 Å². The highest BCUT2D eigenvalue weighted by molar-refractivity contribution is 5.69. The lowest BCUT2D eigenvalue weighted by Gasteiger charge is -2.34. The summed E-state index contributed by atoms with van der Waals surface area (Å²) in [7, 11) is 0.